The fraction of sp³-hybridized carbons (Fsp3) is 1.00. The molecule has 0 spiro atoms. The van der Waals surface area contributed by atoms with Crippen LogP contribution in [0.4, 0.5) is 0 Å². The molecule has 1 atom stereocenters. The lowest BCUT2D eigenvalue weighted by Gasteiger charge is -2.16. The highest BCUT2D eigenvalue weighted by atomic mass is 16.5. The Labute approximate surface area is 77.5 Å². The first kappa shape index (κ1) is 12.0. The van der Waals surface area contributed by atoms with E-state index < -0.39 is 0 Å². The Morgan fingerprint density at radius 1 is 0.917 bits per heavy atom. The van der Waals surface area contributed by atoms with Crippen molar-refractivity contribution in [3.8, 4) is 0 Å². The van der Waals surface area contributed by atoms with Crippen molar-refractivity contribution < 1.29 is 4.74 Å². The summed E-state index contributed by atoms with van der Waals surface area (Å²) in [5, 5.41) is 0. The summed E-state index contributed by atoms with van der Waals surface area (Å²) in [6.07, 6.45) is 4.64. The summed E-state index contributed by atoms with van der Waals surface area (Å²) < 4.78 is 5.63. The summed E-state index contributed by atoms with van der Waals surface area (Å²) in [5.74, 6) is 0.830. The molecule has 0 saturated carbocycles. The first-order valence-electron chi connectivity index (χ1n) is 5.17. The average molecular weight is 172 g/mol. The Kier molecular flexibility index (Phi) is 6.45. The van der Waals surface area contributed by atoms with Gasteiger partial charge in [-0.3, -0.25) is 0 Å². The van der Waals surface area contributed by atoms with Crippen molar-refractivity contribution in [2.45, 2.75) is 66.1 Å². The molecule has 0 aliphatic carbocycles. The standard InChI is InChI=1S/C11H24O/c1-9(2)7-6-8-11(5)12-10(3)4/h9-11H,6-8H2,1-5H3. The summed E-state index contributed by atoms with van der Waals surface area (Å²) in [6.45, 7) is 10.9. The van der Waals surface area contributed by atoms with Crippen LogP contribution in [0.2, 0.25) is 0 Å². The van der Waals surface area contributed by atoms with Crippen LogP contribution in [0.5, 0.6) is 0 Å². The van der Waals surface area contributed by atoms with Crippen LogP contribution in [0.25, 0.3) is 0 Å². The van der Waals surface area contributed by atoms with Gasteiger partial charge in [0.05, 0.1) is 12.2 Å². The monoisotopic (exact) mass is 172 g/mol. The van der Waals surface area contributed by atoms with Crippen molar-refractivity contribution in [2.75, 3.05) is 0 Å². The Hall–Kier alpha value is -0.0400. The molecule has 0 aromatic heterocycles. The summed E-state index contributed by atoms with van der Waals surface area (Å²) in [4.78, 5) is 0. The molecule has 0 amide bonds. The van der Waals surface area contributed by atoms with Crippen molar-refractivity contribution in [3.63, 3.8) is 0 Å². The van der Waals surface area contributed by atoms with Crippen LogP contribution >= 0.6 is 0 Å². The van der Waals surface area contributed by atoms with E-state index in [0.717, 1.165) is 5.92 Å². The van der Waals surface area contributed by atoms with Gasteiger partial charge >= 0.3 is 0 Å². The van der Waals surface area contributed by atoms with Gasteiger partial charge < -0.3 is 4.74 Å². The number of hydrogen-bond donors (Lipinski definition) is 0. The van der Waals surface area contributed by atoms with E-state index in [1.54, 1.807) is 0 Å². The lowest BCUT2D eigenvalue weighted by Crippen LogP contribution is -2.14. The Bertz CT molecular complexity index is 97.2. The average Bonchev–Trinajstić information content (AvgIpc) is 1.84. The van der Waals surface area contributed by atoms with Crippen molar-refractivity contribution in [1.82, 2.24) is 0 Å². The van der Waals surface area contributed by atoms with Crippen molar-refractivity contribution in [2.24, 2.45) is 5.92 Å². The van der Waals surface area contributed by atoms with Gasteiger partial charge in [-0.05, 0) is 33.1 Å². The molecular weight excluding hydrogens is 148 g/mol. The van der Waals surface area contributed by atoms with Crippen molar-refractivity contribution in [1.29, 1.82) is 0 Å². The molecule has 0 fully saturated rings. The van der Waals surface area contributed by atoms with Crippen LogP contribution in [-0.2, 0) is 4.74 Å². The normalized spacial score (nSPS) is 14.2. The molecule has 74 valence electrons. The lowest BCUT2D eigenvalue weighted by molar-refractivity contribution is 0.0128. The third-order valence-corrected chi connectivity index (χ3v) is 1.90. The van der Waals surface area contributed by atoms with Gasteiger partial charge in [0.2, 0.25) is 0 Å². The minimum absolute atomic E-state index is 0.374. The molecule has 0 heterocycles. The van der Waals surface area contributed by atoms with Gasteiger partial charge in [0.25, 0.3) is 0 Å². The van der Waals surface area contributed by atoms with E-state index in [4.69, 9.17) is 4.74 Å². The van der Waals surface area contributed by atoms with E-state index in [0.29, 0.717) is 12.2 Å². The molecule has 0 rings (SSSR count). The third kappa shape index (κ3) is 8.06. The first-order valence-corrected chi connectivity index (χ1v) is 5.17. The maximum Gasteiger partial charge on any atom is 0.0550 e. The van der Waals surface area contributed by atoms with E-state index in [9.17, 15) is 0 Å². The predicted molar refractivity (Wildman–Crippen MR) is 54.4 cm³/mol. The molecule has 1 nitrogen and oxygen atoms in total. The number of hydrogen-bond acceptors (Lipinski definition) is 1. The predicted octanol–water partition coefficient (Wildman–Crippen LogP) is 3.63. The van der Waals surface area contributed by atoms with Gasteiger partial charge in [-0.2, -0.15) is 0 Å². The van der Waals surface area contributed by atoms with E-state index >= 15 is 0 Å². The molecule has 1 heteroatoms. The number of rotatable bonds is 6. The molecule has 0 N–H and O–H groups in total. The van der Waals surface area contributed by atoms with E-state index in [1.165, 1.54) is 19.3 Å². The molecule has 12 heavy (non-hydrogen) atoms. The van der Waals surface area contributed by atoms with E-state index in [1.807, 2.05) is 0 Å². The molecule has 0 radical (unpaired) electrons. The zero-order valence-corrected chi connectivity index (χ0v) is 9.26. The quantitative estimate of drug-likeness (QED) is 0.594. The van der Waals surface area contributed by atoms with Crippen LogP contribution in [0.1, 0.15) is 53.9 Å². The molecular formula is C11H24O. The fourth-order valence-corrected chi connectivity index (χ4v) is 1.35. The molecule has 0 bridgehead atoms. The van der Waals surface area contributed by atoms with Crippen molar-refractivity contribution in [3.05, 3.63) is 0 Å². The maximum atomic E-state index is 5.63. The highest BCUT2D eigenvalue weighted by molar-refractivity contribution is 4.54. The highest BCUT2D eigenvalue weighted by Gasteiger charge is 2.04. The van der Waals surface area contributed by atoms with E-state index in [-0.39, 0.29) is 0 Å². The molecule has 0 saturated heterocycles. The topological polar surface area (TPSA) is 9.23 Å². The fourth-order valence-electron chi connectivity index (χ4n) is 1.35. The van der Waals surface area contributed by atoms with Crippen LogP contribution in [0.3, 0.4) is 0 Å². The molecule has 0 aliphatic heterocycles. The molecule has 0 aliphatic rings. The second-order valence-corrected chi connectivity index (χ2v) is 4.32. The molecule has 0 aromatic rings. The zero-order chi connectivity index (χ0) is 9.56. The van der Waals surface area contributed by atoms with Gasteiger partial charge in [-0.15, -0.1) is 0 Å². The summed E-state index contributed by atoms with van der Waals surface area (Å²) in [6, 6.07) is 0. The zero-order valence-electron chi connectivity index (χ0n) is 9.26. The summed E-state index contributed by atoms with van der Waals surface area (Å²) in [7, 11) is 0. The number of ether oxygens (including phenoxy) is 1. The van der Waals surface area contributed by atoms with Crippen LogP contribution < -0.4 is 0 Å². The van der Waals surface area contributed by atoms with Gasteiger partial charge in [-0.25, -0.2) is 0 Å². The Balaban J connectivity index is 3.25. The van der Waals surface area contributed by atoms with Crippen molar-refractivity contribution >= 4 is 0 Å². The first-order chi connectivity index (χ1) is 5.52. The Morgan fingerprint density at radius 3 is 1.92 bits per heavy atom. The largest absolute Gasteiger partial charge is 0.376 e. The lowest BCUT2D eigenvalue weighted by atomic mass is 10.0. The van der Waals surface area contributed by atoms with Crippen LogP contribution in [0.15, 0.2) is 0 Å². The Morgan fingerprint density at radius 2 is 1.50 bits per heavy atom. The highest BCUT2D eigenvalue weighted by Crippen LogP contribution is 2.11. The van der Waals surface area contributed by atoms with Crippen LogP contribution in [-0.4, -0.2) is 12.2 Å². The van der Waals surface area contributed by atoms with Gasteiger partial charge in [0.1, 0.15) is 0 Å². The molecule has 1 unspecified atom stereocenters. The summed E-state index contributed by atoms with van der Waals surface area (Å²) >= 11 is 0. The van der Waals surface area contributed by atoms with Gasteiger partial charge in [0, 0.05) is 0 Å². The minimum atomic E-state index is 0.374. The van der Waals surface area contributed by atoms with Gasteiger partial charge in [-0.1, -0.05) is 26.7 Å². The second kappa shape index (κ2) is 6.47. The SMILES string of the molecule is CC(C)CCCC(C)OC(C)C. The van der Waals surface area contributed by atoms with Crippen LogP contribution in [0, 0.1) is 5.92 Å². The van der Waals surface area contributed by atoms with E-state index in [2.05, 4.69) is 34.6 Å². The third-order valence-electron chi connectivity index (χ3n) is 1.90. The minimum Gasteiger partial charge on any atom is -0.376 e. The summed E-state index contributed by atoms with van der Waals surface area (Å²) in [5.41, 5.74) is 0. The van der Waals surface area contributed by atoms with Gasteiger partial charge in [0.15, 0.2) is 0 Å². The smallest absolute Gasteiger partial charge is 0.0550 e. The molecule has 0 aromatic carbocycles. The second-order valence-electron chi connectivity index (χ2n) is 4.32. The maximum absolute atomic E-state index is 5.63.